The van der Waals surface area contributed by atoms with E-state index in [0.717, 1.165) is 44.1 Å². The molecule has 1 amide bonds. The standard InChI is InChI=1S/C22H26N6O3/c1-2-28-21(24-25-26-28)16-31-20-8-6-18(7-9-20)22(29)23-19-5-3-4-17(14-19)15-27-10-12-30-13-11-27/h3-9,14H,2,10-13,15-16H2,1H3,(H,23,29). The van der Waals surface area contributed by atoms with Gasteiger partial charge in [0.05, 0.1) is 13.2 Å². The van der Waals surface area contributed by atoms with Crippen LogP contribution in [0.4, 0.5) is 5.69 Å². The van der Waals surface area contributed by atoms with Crippen LogP contribution in [0, 0.1) is 0 Å². The maximum absolute atomic E-state index is 12.6. The summed E-state index contributed by atoms with van der Waals surface area (Å²) in [6.45, 7) is 7.15. The van der Waals surface area contributed by atoms with Crippen LogP contribution in [0.15, 0.2) is 48.5 Å². The molecule has 0 aliphatic carbocycles. The minimum absolute atomic E-state index is 0.162. The molecule has 3 aromatic rings. The number of tetrazole rings is 1. The van der Waals surface area contributed by atoms with Crippen molar-refractivity contribution in [1.82, 2.24) is 25.1 Å². The molecule has 0 spiro atoms. The fourth-order valence-electron chi connectivity index (χ4n) is 3.39. The van der Waals surface area contributed by atoms with E-state index >= 15 is 0 Å². The van der Waals surface area contributed by atoms with E-state index < -0.39 is 0 Å². The van der Waals surface area contributed by atoms with E-state index in [1.54, 1.807) is 28.9 Å². The molecule has 2 heterocycles. The Morgan fingerprint density at radius 3 is 2.74 bits per heavy atom. The number of nitrogens with one attached hydrogen (secondary N) is 1. The molecule has 0 atom stereocenters. The van der Waals surface area contributed by atoms with Gasteiger partial charge >= 0.3 is 0 Å². The molecular weight excluding hydrogens is 396 g/mol. The first kappa shape index (κ1) is 21.0. The number of aromatic nitrogens is 4. The molecule has 1 aliphatic heterocycles. The number of morpholine rings is 1. The Morgan fingerprint density at radius 2 is 1.97 bits per heavy atom. The summed E-state index contributed by atoms with van der Waals surface area (Å²) in [4.78, 5) is 15.0. The molecule has 2 aromatic carbocycles. The smallest absolute Gasteiger partial charge is 0.255 e. The molecule has 162 valence electrons. The number of amides is 1. The van der Waals surface area contributed by atoms with Gasteiger partial charge in [-0.1, -0.05) is 12.1 Å². The number of rotatable bonds is 8. The first-order valence-electron chi connectivity index (χ1n) is 10.4. The van der Waals surface area contributed by atoms with Crippen LogP contribution in [-0.4, -0.2) is 57.3 Å². The molecule has 31 heavy (non-hydrogen) atoms. The second-order valence-corrected chi connectivity index (χ2v) is 7.27. The third kappa shape index (κ3) is 5.65. The predicted octanol–water partition coefficient (Wildman–Crippen LogP) is 2.36. The van der Waals surface area contributed by atoms with Crippen molar-refractivity contribution < 1.29 is 14.3 Å². The highest BCUT2D eigenvalue weighted by Crippen LogP contribution is 2.17. The molecular formula is C22H26N6O3. The summed E-state index contributed by atoms with van der Waals surface area (Å²) in [6, 6.07) is 15.0. The highest BCUT2D eigenvalue weighted by molar-refractivity contribution is 6.04. The quantitative estimate of drug-likeness (QED) is 0.595. The normalized spacial score (nSPS) is 14.4. The third-order valence-electron chi connectivity index (χ3n) is 5.08. The maximum Gasteiger partial charge on any atom is 0.255 e. The molecule has 1 fully saturated rings. The minimum Gasteiger partial charge on any atom is -0.486 e. The van der Waals surface area contributed by atoms with Gasteiger partial charge in [0.15, 0.2) is 5.82 Å². The lowest BCUT2D eigenvalue weighted by molar-refractivity contribution is 0.0342. The van der Waals surface area contributed by atoms with Gasteiger partial charge in [-0.15, -0.1) is 5.10 Å². The zero-order valence-corrected chi connectivity index (χ0v) is 17.5. The molecule has 1 N–H and O–H groups in total. The molecule has 0 saturated carbocycles. The van der Waals surface area contributed by atoms with Gasteiger partial charge < -0.3 is 14.8 Å². The van der Waals surface area contributed by atoms with E-state index in [1.165, 1.54) is 0 Å². The van der Waals surface area contributed by atoms with Gasteiger partial charge in [-0.3, -0.25) is 9.69 Å². The molecule has 9 nitrogen and oxygen atoms in total. The highest BCUT2D eigenvalue weighted by atomic mass is 16.5. The Labute approximate surface area is 181 Å². The molecule has 4 rings (SSSR count). The third-order valence-corrected chi connectivity index (χ3v) is 5.08. The Balaban J connectivity index is 1.32. The summed E-state index contributed by atoms with van der Waals surface area (Å²) < 4.78 is 12.8. The van der Waals surface area contributed by atoms with Crippen LogP contribution < -0.4 is 10.1 Å². The number of hydrogen-bond acceptors (Lipinski definition) is 7. The molecule has 1 saturated heterocycles. The van der Waals surface area contributed by atoms with Crippen molar-refractivity contribution in [3.8, 4) is 5.75 Å². The number of carbonyl (C=O) groups excluding carboxylic acids is 1. The topological polar surface area (TPSA) is 94.4 Å². The van der Waals surface area contributed by atoms with Crippen LogP contribution in [0.25, 0.3) is 0 Å². The average molecular weight is 422 g/mol. The van der Waals surface area contributed by atoms with Crippen molar-refractivity contribution in [3.05, 3.63) is 65.5 Å². The first-order chi connectivity index (χ1) is 15.2. The van der Waals surface area contributed by atoms with Gasteiger partial charge in [0.1, 0.15) is 12.4 Å². The van der Waals surface area contributed by atoms with Crippen LogP contribution in [0.5, 0.6) is 5.75 Å². The lowest BCUT2D eigenvalue weighted by Gasteiger charge is -2.26. The molecule has 0 bridgehead atoms. The van der Waals surface area contributed by atoms with E-state index in [-0.39, 0.29) is 12.5 Å². The molecule has 1 aromatic heterocycles. The van der Waals surface area contributed by atoms with Crippen LogP contribution >= 0.6 is 0 Å². The van der Waals surface area contributed by atoms with Crippen LogP contribution in [0.1, 0.15) is 28.7 Å². The summed E-state index contributed by atoms with van der Waals surface area (Å²) in [7, 11) is 0. The Morgan fingerprint density at radius 1 is 1.16 bits per heavy atom. The van der Waals surface area contributed by atoms with Crippen molar-refractivity contribution in [2.24, 2.45) is 0 Å². The number of anilines is 1. The monoisotopic (exact) mass is 422 g/mol. The number of ether oxygens (including phenoxy) is 2. The number of aryl methyl sites for hydroxylation is 1. The average Bonchev–Trinajstić information content (AvgIpc) is 3.26. The van der Waals surface area contributed by atoms with Gasteiger partial charge in [-0.2, -0.15) is 0 Å². The molecule has 0 unspecified atom stereocenters. The summed E-state index contributed by atoms with van der Waals surface area (Å²) >= 11 is 0. The van der Waals surface area contributed by atoms with Gasteiger partial charge in [0, 0.05) is 37.4 Å². The molecule has 9 heteroatoms. The Bertz CT molecular complexity index is 998. The van der Waals surface area contributed by atoms with Crippen molar-refractivity contribution in [2.45, 2.75) is 26.6 Å². The van der Waals surface area contributed by atoms with Gasteiger partial charge in [0.25, 0.3) is 5.91 Å². The van der Waals surface area contributed by atoms with Gasteiger partial charge in [-0.25, -0.2) is 4.68 Å². The van der Waals surface area contributed by atoms with E-state index in [4.69, 9.17) is 9.47 Å². The largest absolute Gasteiger partial charge is 0.486 e. The summed E-state index contributed by atoms with van der Waals surface area (Å²) in [5, 5.41) is 14.4. The lowest BCUT2D eigenvalue weighted by Crippen LogP contribution is -2.35. The van der Waals surface area contributed by atoms with Gasteiger partial charge in [-0.05, 0) is 59.3 Å². The van der Waals surface area contributed by atoms with Crippen LogP contribution in [0.3, 0.4) is 0 Å². The van der Waals surface area contributed by atoms with E-state index in [1.807, 2.05) is 25.1 Å². The summed E-state index contributed by atoms with van der Waals surface area (Å²) in [5.74, 6) is 1.14. The summed E-state index contributed by atoms with van der Waals surface area (Å²) in [6.07, 6.45) is 0. The zero-order valence-electron chi connectivity index (χ0n) is 17.5. The van der Waals surface area contributed by atoms with Crippen molar-refractivity contribution >= 4 is 11.6 Å². The maximum atomic E-state index is 12.6. The second kappa shape index (κ2) is 10.1. The van der Waals surface area contributed by atoms with E-state index in [9.17, 15) is 4.79 Å². The van der Waals surface area contributed by atoms with Crippen LogP contribution in [-0.2, 0) is 24.4 Å². The summed E-state index contributed by atoms with van der Waals surface area (Å²) in [5.41, 5.74) is 2.50. The van der Waals surface area contributed by atoms with Gasteiger partial charge in [0.2, 0.25) is 0 Å². The van der Waals surface area contributed by atoms with Crippen molar-refractivity contribution in [2.75, 3.05) is 31.6 Å². The number of carbonyl (C=O) groups is 1. The van der Waals surface area contributed by atoms with Crippen molar-refractivity contribution in [1.29, 1.82) is 0 Å². The Hall–Kier alpha value is -3.30. The van der Waals surface area contributed by atoms with E-state index in [2.05, 4.69) is 31.8 Å². The zero-order chi connectivity index (χ0) is 21.5. The van der Waals surface area contributed by atoms with E-state index in [0.29, 0.717) is 23.7 Å². The predicted molar refractivity (Wildman–Crippen MR) is 115 cm³/mol. The molecule has 0 radical (unpaired) electrons. The SMILES string of the molecule is CCn1nnnc1COc1ccc(C(=O)Nc2cccc(CN3CCOCC3)c2)cc1. The fourth-order valence-corrected chi connectivity index (χ4v) is 3.39. The molecule has 1 aliphatic rings. The number of nitrogens with zero attached hydrogens (tertiary/aromatic N) is 5. The fraction of sp³-hybridized carbons (Fsp3) is 0.364. The van der Waals surface area contributed by atoms with Crippen LogP contribution in [0.2, 0.25) is 0 Å². The first-order valence-corrected chi connectivity index (χ1v) is 10.4. The second-order valence-electron chi connectivity index (χ2n) is 7.27. The van der Waals surface area contributed by atoms with Crippen molar-refractivity contribution in [3.63, 3.8) is 0 Å². The minimum atomic E-state index is -0.162. The highest BCUT2D eigenvalue weighted by Gasteiger charge is 2.12. The Kier molecular flexibility index (Phi) is 6.85. The lowest BCUT2D eigenvalue weighted by atomic mass is 10.1. The number of hydrogen-bond donors (Lipinski definition) is 1. The number of benzene rings is 2.